The molecule has 2 aromatic rings. The summed E-state index contributed by atoms with van der Waals surface area (Å²) in [6.45, 7) is 0.781. The minimum Gasteiger partial charge on any atom is -0.456 e. The molecule has 0 saturated carbocycles. The van der Waals surface area contributed by atoms with E-state index in [0.717, 1.165) is 25.1 Å². The maximum Gasteiger partial charge on any atom is 0.416 e. The molecule has 31 heavy (non-hydrogen) atoms. The Balaban J connectivity index is 2.43. The van der Waals surface area contributed by atoms with E-state index in [-0.39, 0.29) is 34.4 Å². The molecule has 0 atom stereocenters. The van der Waals surface area contributed by atoms with Gasteiger partial charge in [-0.25, -0.2) is 9.68 Å². The smallest absolute Gasteiger partial charge is 0.416 e. The van der Waals surface area contributed by atoms with Crippen LogP contribution in [0.25, 0.3) is 0 Å². The van der Waals surface area contributed by atoms with Crippen molar-refractivity contribution in [3.8, 4) is 11.5 Å². The highest BCUT2D eigenvalue weighted by atomic mass is 35.5. The standard InChI is InChI=1S/C18H14ClF3N2O7/c1-10(25)30-31-23-15(9-28-2)13-8-12(4-5-16(13)24(26)27)29-17-6-3-11(7-14(17)19)18(20,21)22/h3-8H,9H2,1-2H3. The molecule has 0 aliphatic rings. The zero-order valence-electron chi connectivity index (χ0n) is 15.9. The lowest BCUT2D eigenvalue weighted by Crippen LogP contribution is -2.13. The highest BCUT2D eigenvalue weighted by Gasteiger charge is 2.31. The fourth-order valence-corrected chi connectivity index (χ4v) is 2.48. The molecule has 0 N–H and O–H groups in total. The summed E-state index contributed by atoms with van der Waals surface area (Å²) in [5.74, 6) is -0.932. The second-order valence-electron chi connectivity index (χ2n) is 5.80. The van der Waals surface area contributed by atoms with Gasteiger partial charge in [0.25, 0.3) is 5.69 Å². The largest absolute Gasteiger partial charge is 0.456 e. The Kier molecular flexibility index (Phi) is 7.78. The molecule has 166 valence electrons. The molecule has 0 aliphatic carbocycles. The lowest BCUT2D eigenvalue weighted by molar-refractivity contribution is -0.385. The van der Waals surface area contributed by atoms with Gasteiger partial charge >= 0.3 is 12.1 Å². The highest BCUT2D eigenvalue weighted by Crippen LogP contribution is 2.37. The molecule has 2 aromatic carbocycles. The van der Waals surface area contributed by atoms with Crippen molar-refractivity contribution in [3.63, 3.8) is 0 Å². The Morgan fingerprint density at radius 2 is 1.94 bits per heavy atom. The van der Waals surface area contributed by atoms with E-state index in [1.165, 1.54) is 19.2 Å². The maximum atomic E-state index is 12.8. The third-order valence-electron chi connectivity index (χ3n) is 3.55. The van der Waals surface area contributed by atoms with Crippen molar-refractivity contribution < 1.29 is 42.2 Å². The quantitative estimate of drug-likeness (QED) is 0.237. The van der Waals surface area contributed by atoms with Gasteiger partial charge in [0, 0.05) is 20.1 Å². The lowest BCUT2D eigenvalue weighted by Gasteiger charge is -2.12. The zero-order chi connectivity index (χ0) is 23.2. The average molecular weight is 463 g/mol. The van der Waals surface area contributed by atoms with Gasteiger partial charge in [-0.1, -0.05) is 11.6 Å². The molecule has 0 amide bonds. The number of oxime groups is 1. The Morgan fingerprint density at radius 3 is 2.48 bits per heavy atom. The van der Waals surface area contributed by atoms with E-state index in [1.54, 1.807) is 0 Å². The van der Waals surface area contributed by atoms with Crippen LogP contribution in [0.15, 0.2) is 41.6 Å². The molecule has 0 aromatic heterocycles. The molecule has 13 heteroatoms. The fourth-order valence-electron chi connectivity index (χ4n) is 2.26. The number of nitro groups is 1. The number of hydrogen-bond donors (Lipinski definition) is 0. The van der Waals surface area contributed by atoms with E-state index in [2.05, 4.69) is 15.0 Å². The van der Waals surface area contributed by atoms with Crippen molar-refractivity contribution in [1.82, 2.24) is 0 Å². The number of hydrogen-bond acceptors (Lipinski definition) is 8. The molecule has 0 saturated heterocycles. The first kappa shape index (κ1) is 23.9. The van der Waals surface area contributed by atoms with Crippen LogP contribution in [0.4, 0.5) is 18.9 Å². The van der Waals surface area contributed by atoms with Crippen LogP contribution in [0.2, 0.25) is 5.02 Å². The third kappa shape index (κ3) is 6.55. The van der Waals surface area contributed by atoms with Gasteiger partial charge in [-0.05, 0) is 35.5 Å². The lowest BCUT2D eigenvalue weighted by atomic mass is 10.1. The first-order valence-electron chi connectivity index (χ1n) is 8.26. The number of ether oxygens (including phenoxy) is 2. The van der Waals surface area contributed by atoms with E-state index in [4.69, 9.17) is 21.1 Å². The number of methoxy groups -OCH3 is 1. The highest BCUT2D eigenvalue weighted by molar-refractivity contribution is 6.32. The van der Waals surface area contributed by atoms with Crippen molar-refractivity contribution in [2.45, 2.75) is 13.1 Å². The van der Waals surface area contributed by atoms with Gasteiger partial charge in [0.1, 0.15) is 17.2 Å². The van der Waals surface area contributed by atoms with Crippen molar-refractivity contribution in [2.75, 3.05) is 13.7 Å². The van der Waals surface area contributed by atoms with Gasteiger partial charge in [-0.15, -0.1) is 0 Å². The van der Waals surface area contributed by atoms with E-state index < -0.39 is 28.3 Å². The van der Waals surface area contributed by atoms with Crippen LogP contribution in [-0.2, 0) is 25.6 Å². The van der Waals surface area contributed by atoms with Crippen LogP contribution in [0.5, 0.6) is 11.5 Å². The molecule has 0 radical (unpaired) electrons. The van der Waals surface area contributed by atoms with Gasteiger partial charge in [0.05, 0.1) is 27.7 Å². The summed E-state index contributed by atoms with van der Waals surface area (Å²) >= 11 is 5.87. The van der Waals surface area contributed by atoms with Crippen LogP contribution in [0.3, 0.4) is 0 Å². The van der Waals surface area contributed by atoms with Gasteiger partial charge in [-0.2, -0.15) is 18.2 Å². The van der Waals surface area contributed by atoms with Crippen LogP contribution in [0.1, 0.15) is 18.1 Å². The molecule has 9 nitrogen and oxygen atoms in total. The number of benzene rings is 2. The summed E-state index contributed by atoms with van der Waals surface area (Å²) in [6.07, 6.45) is -4.59. The number of halogens is 4. The molecular weight excluding hydrogens is 449 g/mol. The third-order valence-corrected chi connectivity index (χ3v) is 3.84. The molecule has 0 bridgehead atoms. The maximum absolute atomic E-state index is 12.8. The summed E-state index contributed by atoms with van der Waals surface area (Å²) in [5.41, 5.74) is -1.61. The van der Waals surface area contributed by atoms with Crippen molar-refractivity contribution in [1.29, 1.82) is 0 Å². The van der Waals surface area contributed by atoms with E-state index in [1.807, 2.05) is 0 Å². The summed E-state index contributed by atoms with van der Waals surface area (Å²) in [4.78, 5) is 30.1. The number of nitrogens with zero attached hydrogens (tertiary/aromatic N) is 2. The first-order chi connectivity index (χ1) is 14.5. The average Bonchev–Trinajstić information content (AvgIpc) is 2.67. The van der Waals surface area contributed by atoms with E-state index >= 15 is 0 Å². The Labute approximate surface area is 178 Å². The molecule has 0 fully saturated rings. The Bertz CT molecular complexity index is 1010. The predicted molar refractivity (Wildman–Crippen MR) is 101 cm³/mol. The topological polar surface area (TPSA) is 109 Å². The van der Waals surface area contributed by atoms with Crippen LogP contribution in [-0.4, -0.2) is 30.3 Å². The Hall–Kier alpha value is -3.38. The van der Waals surface area contributed by atoms with Crippen molar-refractivity contribution in [2.24, 2.45) is 5.16 Å². The molecule has 0 aliphatic heterocycles. The van der Waals surface area contributed by atoms with Gasteiger partial charge in [0.2, 0.25) is 0 Å². The van der Waals surface area contributed by atoms with Crippen molar-refractivity contribution >= 4 is 29.0 Å². The number of nitro benzene ring substituents is 1. The van der Waals surface area contributed by atoms with Gasteiger partial charge in [-0.3, -0.25) is 10.1 Å². The molecular formula is C18H14ClF3N2O7. The molecule has 0 spiro atoms. The molecule has 0 heterocycles. The number of alkyl halides is 3. The van der Waals surface area contributed by atoms with E-state index in [9.17, 15) is 28.1 Å². The van der Waals surface area contributed by atoms with Crippen LogP contribution < -0.4 is 4.74 Å². The second-order valence-corrected chi connectivity index (χ2v) is 6.21. The summed E-state index contributed by atoms with van der Waals surface area (Å²) in [7, 11) is 1.29. The second kappa shape index (κ2) is 10.1. The number of carbonyl (C=O) groups excluding carboxylic acids is 1. The normalized spacial score (nSPS) is 11.7. The predicted octanol–water partition coefficient (Wildman–Crippen LogP) is 4.90. The SMILES string of the molecule is COCC(=NOOC(C)=O)c1cc(Oc2ccc(C(F)(F)F)cc2Cl)ccc1[N+](=O)[O-]. The number of carbonyl (C=O) groups is 1. The van der Waals surface area contributed by atoms with Crippen molar-refractivity contribution in [3.05, 3.63) is 62.7 Å². The summed E-state index contributed by atoms with van der Waals surface area (Å²) < 4.78 is 48.8. The minimum atomic E-state index is -4.59. The molecule has 2 rings (SSSR count). The Morgan fingerprint density at radius 1 is 1.23 bits per heavy atom. The monoisotopic (exact) mass is 462 g/mol. The zero-order valence-corrected chi connectivity index (χ0v) is 16.7. The minimum absolute atomic E-state index is 0.00134. The molecule has 0 unspecified atom stereocenters. The van der Waals surface area contributed by atoms with Crippen LogP contribution in [0, 0.1) is 10.1 Å². The fraction of sp³-hybridized carbons (Fsp3) is 0.222. The number of rotatable bonds is 8. The first-order valence-corrected chi connectivity index (χ1v) is 8.64. The van der Waals surface area contributed by atoms with Gasteiger partial charge < -0.3 is 9.47 Å². The van der Waals surface area contributed by atoms with E-state index in [0.29, 0.717) is 6.07 Å². The van der Waals surface area contributed by atoms with Crippen LogP contribution >= 0.6 is 11.6 Å². The summed E-state index contributed by atoms with van der Waals surface area (Å²) in [6, 6.07) is 5.96. The van der Waals surface area contributed by atoms with Gasteiger partial charge in [0.15, 0.2) is 0 Å². The summed E-state index contributed by atoms with van der Waals surface area (Å²) in [5, 5.41) is 14.6.